The summed E-state index contributed by atoms with van der Waals surface area (Å²) in [5.74, 6) is 3.34. The zero-order chi connectivity index (χ0) is 13.8. The minimum absolute atomic E-state index is 0.434. The fourth-order valence-electron chi connectivity index (χ4n) is 4.40. The van der Waals surface area contributed by atoms with Crippen LogP contribution >= 0.6 is 0 Å². The number of nitrogens with zero attached hydrogens (tertiary/aromatic N) is 1. The lowest BCUT2D eigenvalue weighted by Crippen LogP contribution is -2.46. The Kier molecular flexibility index (Phi) is 5.70. The van der Waals surface area contributed by atoms with E-state index in [4.69, 9.17) is 5.73 Å². The van der Waals surface area contributed by atoms with Crippen molar-refractivity contribution in [3.63, 3.8) is 0 Å². The van der Waals surface area contributed by atoms with Crippen LogP contribution in [0.3, 0.4) is 0 Å². The first-order valence-corrected chi connectivity index (χ1v) is 8.58. The van der Waals surface area contributed by atoms with E-state index in [1.165, 1.54) is 58.2 Å². The second kappa shape index (κ2) is 7.08. The van der Waals surface area contributed by atoms with Crippen molar-refractivity contribution < 1.29 is 0 Å². The quantitative estimate of drug-likeness (QED) is 0.847. The Morgan fingerprint density at radius 3 is 2.58 bits per heavy atom. The Labute approximate surface area is 120 Å². The largest absolute Gasteiger partial charge is 0.327 e. The predicted octanol–water partition coefficient (Wildman–Crippen LogP) is 3.51. The molecule has 2 heteroatoms. The van der Waals surface area contributed by atoms with Crippen LogP contribution in [0, 0.1) is 23.7 Å². The van der Waals surface area contributed by atoms with Gasteiger partial charge in [-0.1, -0.05) is 27.2 Å². The standard InChI is InChI=1S/C17H34N2/c1-4-15-6-5-8-19(9-7-15)12-16-14(3)10-13(2)11-17(16)18/h13-17H,4-12,18H2,1-3H3. The Morgan fingerprint density at radius 2 is 1.89 bits per heavy atom. The fraction of sp³-hybridized carbons (Fsp3) is 1.00. The SMILES string of the molecule is CCC1CCCN(CC2C(C)CC(C)CC2N)CC1. The van der Waals surface area contributed by atoms with Crippen molar-refractivity contribution >= 4 is 0 Å². The topological polar surface area (TPSA) is 29.3 Å². The summed E-state index contributed by atoms with van der Waals surface area (Å²) in [7, 11) is 0. The Bertz CT molecular complexity index is 254. The van der Waals surface area contributed by atoms with Crippen molar-refractivity contribution in [2.75, 3.05) is 19.6 Å². The Morgan fingerprint density at radius 1 is 1.11 bits per heavy atom. The van der Waals surface area contributed by atoms with E-state index in [0.29, 0.717) is 6.04 Å². The summed E-state index contributed by atoms with van der Waals surface area (Å²) >= 11 is 0. The highest BCUT2D eigenvalue weighted by atomic mass is 15.1. The van der Waals surface area contributed by atoms with Crippen LogP contribution in [0.25, 0.3) is 0 Å². The summed E-state index contributed by atoms with van der Waals surface area (Å²) in [6, 6.07) is 0.434. The molecule has 5 atom stereocenters. The van der Waals surface area contributed by atoms with E-state index < -0.39 is 0 Å². The molecule has 1 saturated carbocycles. The first-order valence-electron chi connectivity index (χ1n) is 8.58. The van der Waals surface area contributed by atoms with Crippen LogP contribution in [0.1, 0.15) is 59.3 Å². The highest BCUT2D eigenvalue weighted by Crippen LogP contribution is 2.34. The molecule has 0 bridgehead atoms. The highest BCUT2D eigenvalue weighted by molar-refractivity contribution is 4.87. The van der Waals surface area contributed by atoms with Crippen LogP contribution in [-0.4, -0.2) is 30.6 Å². The van der Waals surface area contributed by atoms with E-state index in [1.54, 1.807) is 0 Å². The lowest BCUT2D eigenvalue weighted by Gasteiger charge is -2.40. The first-order chi connectivity index (χ1) is 9.10. The summed E-state index contributed by atoms with van der Waals surface area (Å²) in [5.41, 5.74) is 6.44. The van der Waals surface area contributed by atoms with Crippen molar-refractivity contribution in [3.8, 4) is 0 Å². The summed E-state index contributed by atoms with van der Waals surface area (Å²) in [5, 5.41) is 0. The molecule has 2 aliphatic rings. The van der Waals surface area contributed by atoms with Crippen LogP contribution in [0.4, 0.5) is 0 Å². The van der Waals surface area contributed by atoms with E-state index in [2.05, 4.69) is 25.7 Å². The van der Waals surface area contributed by atoms with E-state index in [1.807, 2.05) is 0 Å². The molecular weight excluding hydrogens is 232 g/mol. The molecule has 112 valence electrons. The molecule has 0 aromatic heterocycles. The summed E-state index contributed by atoms with van der Waals surface area (Å²) in [4.78, 5) is 2.71. The molecule has 2 N–H and O–H groups in total. The van der Waals surface area contributed by atoms with Crippen LogP contribution in [0.15, 0.2) is 0 Å². The molecule has 1 aliphatic carbocycles. The van der Waals surface area contributed by atoms with Crippen LogP contribution in [0.5, 0.6) is 0 Å². The average Bonchev–Trinajstić information content (AvgIpc) is 2.58. The maximum Gasteiger partial charge on any atom is 0.00844 e. The van der Waals surface area contributed by atoms with Gasteiger partial charge in [-0.25, -0.2) is 0 Å². The van der Waals surface area contributed by atoms with Gasteiger partial charge >= 0.3 is 0 Å². The van der Waals surface area contributed by atoms with E-state index >= 15 is 0 Å². The third-order valence-electron chi connectivity index (χ3n) is 5.72. The number of rotatable bonds is 3. The fourth-order valence-corrected chi connectivity index (χ4v) is 4.40. The zero-order valence-corrected chi connectivity index (χ0v) is 13.3. The minimum Gasteiger partial charge on any atom is -0.327 e. The van der Waals surface area contributed by atoms with Crippen molar-refractivity contribution in [3.05, 3.63) is 0 Å². The number of hydrogen-bond donors (Lipinski definition) is 1. The molecule has 5 unspecified atom stereocenters. The Hall–Kier alpha value is -0.0800. The van der Waals surface area contributed by atoms with Crippen molar-refractivity contribution in [1.29, 1.82) is 0 Å². The number of likely N-dealkylation sites (tertiary alicyclic amines) is 1. The van der Waals surface area contributed by atoms with Crippen molar-refractivity contribution in [1.82, 2.24) is 4.90 Å². The molecule has 1 saturated heterocycles. The van der Waals surface area contributed by atoms with Gasteiger partial charge in [-0.3, -0.25) is 0 Å². The predicted molar refractivity (Wildman–Crippen MR) is 83.1 cm³/mol. The lowest BCUT2D eigenvalue weighted by atomic mass is 9.72. The van der Waals surface area contributed by atoms with Crippen molar-refractivity contribution in [2.45, 2.75) is 65.3 Å². The maximum atomic E-state index is 6.44. The molecule has 0 radical (unpaired) electrons. The minimum atomic E-state index is 0.434. The van der Waals surface area contributed by atoms with Gasteiger partial charge in [0.25, 0.3) is 0 Å². The molecule has 2 rings (SSSR count). The van der Waals surface area contributed by atoms with Crippen molar-refractivity contribution in [2.24, 2.45) is 29.4 Å². The number of nitrogens with two attached hydrogens (primary N) is 1. The van der Waals surface area contributed by atoms with Gasteiger partial charge < -0.3 is 10.6 Å². The molecule has 2 nitrogen and oxygen atoms in total. The molecular formula is C17H34N2. The molecule has 0 aromatic rings. The summed E-state index contributed by atoms with van der Waals surface area (Å²) < 4.78 is 0. The van der Waals surface area contributed by atoms with E-state index in [0.717, 1.165) is 23.7 Å². The van der Waals surface area contributed by atoms with Gasteiger partial charge in [0, 0.05) is 12.6 Å². The molecule has 1 heterocycles. The normalized spacial score (nSPS) is 42.0. The van der Waals surface area contributed by atoms with Gasteiger partial charge in [-0.2, -0.15) is 0 Å². The molecule has 0 aromatic carbocycles. The average molecular weight is 266 g/mol. The smallest absolute Gasteiger partial charge is 0.00844 e. The van der Waals surface area contributed by atoms with Crippen LogP contribution in [0.2, 0.25) is 0 Å². The van der Waals surface area contributed by atoms with Gasteiger partial charge in [-0.05, 0) is 68.9 Å². The second-order valence-electron chi connectivity index (χ2n) is 7.39. The van der Waals surface area contributed by atoms with Crippen LogP contribution < -0.4 is 5.73 Å². The molecule has 0 spiro atoms. The third-order valence-corrected chi connectivity index (χ3v) is 5.72. The monoisotopic (exact) mass is 266 g/mol. The molecule has 2 fully saturated rings. The Balaban J connectivity index is 1.86. The second-order valence-corrected chi connectivity index (χ2v) is 7.39. The zero-order valence-electron chi connectivity index (χ0n) is 13.3. The van der Waals surface area contributed by atoms with Crippen LogP contribution in [-0.2, 0) is 0 Å². The molecule has 1 aliphatic heterocycles. The van der Waals surface area contributed by atoms with Gasteiger partial charge in [-0.15, -0.1) is 0 Å². The van der Waals surface area contributed by atoms with Gasteiger partial charge in [0.05, 0.1) is 0 Å². The summed E-state index contributed by atoms with van der Waals surface area (Å²) in [6.45, 7) is 11.0. The third kappa shape index (κ3) is 4.19. The number of hydrogen-bond acceptors (Lipinski definition) is 2. The summed E-state index contributed by atoms with van der Waals surface area (Å²) in [6.07, 6.45) is 8.22. The van der Waals surface area contributed by atoms with E-state index in [9.17, 15) is 0 Å². The highest BCUT2D eigenvalue weighted by Gasteiger charge is 2.33. The van der Waals surface area contributed by atoms with Gasteiger partial charge in [0.2, 0.25) is 0 Å². The first kappa shape index (κ1) is 15.3. The lowest BCUT2D eigenvalue weighted by molar-refractivity contribution is 0.119. The van der Waals surface area contributed by atoms with E-state index in [-0.39, 0.29) is 0 Å². The maximum absolute atomic E-state index is 6.44. The van der Waals surface area contributed by atoms with Gasteiger partial charge in [0.1, 0.15) is 0 Å². The molecule has 0 amide bonds. The molecule has 19 heavy (non-hydrogen) atoms. The van der Waals surface area contributed by atoms with Gasteiger partial charge in [0.15, 0.2) is 0 Å².